The van der Waals surface area contributed by atoms with Crippen molar-refractivity contribution in [3.8, 4) is 0 Å². The fraction of sp³-hybridized carbons (Fsp3) is 0.706. The molecule has 3 heterocycles. The van der Waals surface area contributed by atoms with Crippen LogP contribution in [0.2, 0.25) is 0 Å². The van der Waals surface area contributed by atoms with Gasteiger partial charge < -0.3 is 19.9 Å². The van der Waals surface area contributed by atoms with Crippen molar-refractivity contribution in [3.05, 3.63) is 18.2 Å². The Balaban J connectivity index is 1.53. The second-order valence-electron chi connectivity index (χ2n) is 7.09. The Labute approximate surface area is 147 Å². The molecule has 0 aliphatic carbocycles. The van der Waals surface area contributed by atoms with Gasteiger partial charge in [-0.25, -0.2) is 4.98 Å². The average Bonchev–Trinajstić information content (AvgIpc) is 3.05. The second kappa shape index (κ2) is 7.53. The van der Waals surface area contributed by atoms with E-state index >= 15 is 0 Å². The van der Waals surface area contributed by atoms with Crippen molar-refractivity contribution in [2.45, 2.75) is 31.8 Å². The van der Waals surface area contributed by atoms with E-state index in [0.717, 1.165) is 19.5 Å². The van der Waals surface area contributed by atoms with Gasteiger partial charge in [-0.1, -0.05) is 0 Å². The highest BCUT2D eigenvalue weighted by molar-refractivity contribution is 5.90. The first-order valence-corrected chi connectivity index (χ1v) is 8.96. The summed E-state index contributed by atoms with van der Waals surface area (Å²) in [5.41, 5.74) is -0.781. The number of piperazine rings is 1. The number of amides is 2. The largest absolute Gasteiger partial charge is 0.388 e. The van der Waals surface area contributed by atoms with Crippen LogP contribution in [-0.4, -0.2) is 93.0 Å². The van der Waals surface area contributed by atoms with Gasteiger partial charge in [0.15, 0.2) is 5.82 Å². The summed E-state index contributed by atoms with van der Waals surface area (Å²) in [5.74, 6) is 0.357. The number of nitrogens with one attached hydrogen (secondary N) is 1. The molecule has 1 aromatic heterocycles. The molecule has 0 radical (unpaired) electrons. The molecule has 0 saturated carbocycles. The fourth-order valence-corrected chi connectivity index (χ4v) is 3.71. The van der Waals surface area contributed by atoms with Crippen LogP contribution in [0.4, 0.5) is 0 Å². The molecule has 0 unspecified atom stereocenters. The summed E-state index contributed by atoms with van der Waals surface area (Å²) >= 11 is 0. The van der Waals surface area contributed by atoms with Crippen LogP contribution in [-0.2, 0) is 4.79 Å². The van der Waals surface area contributed by atoms with Gasteiger partial charge in [-0.05, 0) is 19.3 Å². The van der Waals surface area contributed by atoms with Crippen LogP contribution in [0.1, 0.15) is 36.8 Å². The van der Waals surface area contributed by atoms with E-state index < -0.39 is 5.60 Å². The number of likely N-dealkylation sites (tertiary alicyclic amines) is 1. The number of rotatable bonds is 3. The summed E-state index contributed by atoms with van der Waals surface area (Å²) < 4.78 is 0. The van der Waals surface area contributed by atoms with Gasteiger partial charge in [0.05, 0.1) is 5.60 Å². The van der Waals surface area contributed by atoms with Gasteiger partial charge in [0.25, 0.3) is 5.91 Å². The molecular weight excluding hydrogens is 322 g/mol. The molecule has 0 spiro atoms. The van der Waals surface area contributed by atoms with E-state index in [0.29, 0.717) is 51.4 Å². The zero-order chi connectivity index (χ0) is 17.9. The Bertz CT molecular complexity index is 597. The zero-order valence-electron chi connectivity index (χ0n) is 14.8. The molecule has 1 aromatic rings. The molecule has 8 nitrogen and oxygen atoms in total. The Morgan fingerprint density at radius 1 is 1.16 bits per heavy atom. The first-order valence-electron chi connectivity index (χ1n) is 8.96. The molecule has 1 atom stereocenters. The fourth-order valence-electron chi connectivity index (χ4n) is 3.71. The number of imidazole rings is 1. The standard InChI is InChI=1S/C17H27N5O3/c1-14(23)21-11-9-20(10-12-21)13-17(25)3-2-7-22(8-4-17)16(24)15-18-5-6-19-15/h5-6,25H,2-4,7-13H2,1H3,(H,18,19)/t17-/m1/s1. The number of aromatic amines is 1. The first-order chi connectivity index (χ1) is 12.0. The summed E-state index contributed by atoms with van der Waals surface area (Å²) in [7, 11) is 0. The van der Waals surface area contributed by atoms with E-state index in [1.165, 1.54) is 0 Å². The molecular formula is C17H27N5O3. The van der Waals surface area contributed by atoms with E-state index in [1.54, 1.807) is 24.2 Å². The molecule has 0 aromatic carbocycles. The Morgan fingerprint density at radius 2 is 1.92 bits per heavy atom. The third kappa shape index (κ3) is 4.38. The van der Waals surface area contributed by atoms with Crippen molar-refractivity contribution in [1.29, 1.82) is 0 Å². The predicted molar refractivity (Wildman–Crippen MR) is 92.0 cm³/mol. The van der Waals surface area contributed by atoms with Crippen LogP contribution in [0, 0.1) is 0 Å². The molecule has 0 bridgehead atoms. The van der Waals surface area contributed by atoms with Gasteiger partial charge >= 0.3 is 0 Å². The van der Waals surface area contributed by atoms with Gasteiger partial charge in [0, 0.05) is 65.1 Å². The lowest BCUT2D eigenvalue weighted by Crippen LogP contribution is -2.53. The number of carbonyl (C=O) groups is 2. The zero-order valence-corrected chi connectivity index (χ0v) is 14.8. The number of aromatic nitrogens is 2. The minimum atomic E-state index is -0.781. The first kappa shape index (κ1) is 17.9. The lowest BCUT2D eigenvalue weighted by atomic mass is 9.94. The smallest absolute Gasteiger partial charge is 0.289 e. The van der Waals surface area contributed by atoms with E-state index in [9.17, 15) is 14.7 Å². The van der Waals surface area contributed by atoms with Crippen molar-refractivity contribution in [3.63, 3.8) is 0 Å². The summed E-state index contributed by atoms with van der Waals surface area (Å²) in [6, 6.07) is 0. The summed E-state index contributed by atoms with van der Waals surface area (Å²) in [5, 5.41) is 11.0. The second-order valence-corrected chi connectivity index (χ2v) is 7.09. The molecule has 2 saturated heterocycles. The Morgan fingerprint density at radius 3 is 2.56 bits per heavy atom. The van der Waals surface area contributed by atoms with Crippen LogP contribution in [0.3, 0.4) is 0 Å². The van der Waals surface area contributed by atoms with Crippen molar-refractivity contribution < 1.29 is 14.7 Å². The maximum atomic E-state index is 12.4. The molecule has 138 valence electrons. The molecule has 8 heteroatoms. The number of hydrogen-bond acceptors (Lipinski definition) is 5. The van der Waals surface area contributed by atoms with Crippen LogP contribution in [0.15, 0.2) is 12.4 Å². The number of H-pyrrole nitrogens is 1. The average molecular weight is 349 g/mol. The van der Waals surface area contributed by atoms with Crippen LogP contribution in [0.5, 0.6) is 0 Å². The third-order valence-electron chi connectivity index (χ3n) is 5.24. The van der Waals surface area contributed by atoms with E-state index in [2.05, 4.69) is 14.9 Å². The van der Waals surface area contributed by atoms with Crippen LogP contribution < -0.4 is 0 Å². The topological polar surface area (TPSA) is 92.8 Å². The maximum Gasteiger partial charge on any atom is 0.289 e. The van der Waals surface area contributed by atoms with Gasteiger partial charge in [-0.2, -0.15) is 0 Å². The number of β-amino-alcohol motifs (C(OH)–C–C–N with tert-alkyl or cyclic N) is 1. The van der Waals surface area contributed by atoms with Crippen molar-refractivity contribution in [2.24, 2.45) is 0 Å². The highest BCUT2D eigenvalue weighted by atomic mass is 16.3. The van der Waals surface area contributed by atoms with Gasteiger partial charge in [0.1, 0.15) is 0 Å². The van der Waals surface area contributed by atoms with Crippen molar-refractivity contribution >= 4 is 11.8 Å². The maximum absolute atomic E-state index is 12.4. The van der Waals surface area contributed by atoms with Crippen LogP contribution >= 0.6 is 0 Å². The quantitative estimate of drug-likeness (QED) is 0.797. The molecule has 2 fully saturated rings. The number of nitrogens with zero attached hydrogens (tertiary/aromatic N) is 4. The molecule has 2 aliphatic heterocycles. The Hall–Kier alpha value is -1.93. The third-order valence-corrected chi connectivity index (χ3v) is 5.24. The number of hydrogen-bond donors (Lipinski definition) is 2. The highest BCUT2D eigenvalue weighted by Crippen LogP contribution is 2.24. The van der Waals surface area contributed by atoms with Crippen molar-refractivity contribution in [1.82, 2.24) is 24.7 Å². The van der Waals surface area contributed by atoms with E-state index in [-0.39, 0.29) is 11.8 Å². The molecule has 2 aliphatic rings. The summed E-state index contributed by atoms with van der Waals surface area (Å²) in [6.45, 7) is 6.38. The molecule has 25 heavy (non-hydrogen) atoms. The van der Waals surface area contributed by atoms with Gasteiger partial charge in [0.2, 0.25) is 5.91 Å². The van der Waals surface area contributed by atoms with Crippen molar-refractivity contribution in [2.75, 3.05) is 45.8 Å². The minimum absolute atomic E-state index is 0.107. The number of carbonyl (C=O) groups excluding carboxylic acids is 2. The molecule has 3 rings (SSSR count). The number of aliphatic hydroxyl groups is 1. The SMILES string of the molecule is CC(=O)N1CCN(C[C@@]2(O)CCCN(C(=O)c3ncc[nH]3)CC2)CC1. The predicted octanol–water partition coefficient (Wildman–Crippen LogP) is -0.0690. The monoisotopic (exact) mass is 349 g/mol. The van der Waals surface area contributed by atoms with E-state index in [1.807, 2.05) is 4.90 Å². The van der Waals surface area contributed by atoms with Crippen LogP contribution in [0.25, 0.3) is 0 Å². The lowest BCUT2D eigenvalue weighted by molar-refractivity contribution is -0.131. The molecule has 2 N–H and O–H groups in total. The van der Waals surface area contributed by atoms with Gasteiger partial charge in [-0.3, -0.25) is 14.5 Å². The summed E-state index contributed by atoms with van der Waals surface area (Å²) in [6.07, 6.45) is 5.23. The van der Waals surface area contributed by atoms with Gasteiger partial charge in [-0.15, -0.1) is 0 Å². The normalized spacial score (nSPS) is 25.7. The summed E-state index contributed by atoms with van der Waals surface area (Å²) in [4.78, 5) is 36.5. The Kier molecular flexibility index (Phi) is 5.39. The highest BCUT2D eigenvalue weighted by Gasteiger charge is 2.34. The lowest BCUT2D eigenvalue weighted by Gasteiger charge is -2.39. The van der Waals surface area contributed by atoms with E-state index in [4.69, 9.17) is 0 Å². The minimum Gasteiger partial charge on any atom is -0.388 e. The molecule has 2 amide bonds.